The van der Waals surface area contributed by atoms with Gasteiger partial charge in [0.15, 0.2) is 11.6 Å². The fourth-order valence-corrected chi connectivity index (χ4v) is 4.24. The van der Waals surface area contributed by atoms with Crippen molar-refractivity contribution in [3.05, 3.63) is 56.9 Å². The molecule has 0 aromatic heterocycles. The lowest BCUT2D eigenvalue weighted by Crippen LogP contribution is -2.68. The molecule has 3 N–H and O–H groups in total. The van der Waals surface area contributed by atoms with Crippen LogP contribution in [0.5, 0.6) is 0 Å². The van der Waals surface area contributed by atoms with Gasteiger partial charge in [0, 0.05) is 10.1 Å². The molecule has 6 nitrogen and oxygen atoms in total. The van der Waals surface area contributed by atoms with E-state index in [-0.39, 0.29) is 37.1 Å². The molecule has 0 bridgehead atoms. The summed E-state index contributed by atoms with van der Waals surface area (Å²) in [6.45, 7) is 2.45. The van der Waals surface area contributed by atoms with Crippen LogP contribution in [0.25, 0.3) is 0 Å². The number of amides is 1. The van der Waals surface area contributed by atoms with Crippen LogP contribution in [0, 0.1) is 21.0 Å². The highest BCUT2D eigenvalue weighted by Crippen LogP contribution is 2.31. The zero-order chi connectivity index (χ0) is 24.3. The number of hydrogen-bond acceptors (Lipinski definition) is 5. The van der Waals surface area contributed by atoms with Crippen LogP contribution in [-0.2, 0) is 0 Å². The molecule has 180 valence electrons. The van der Waals surface area contributed by atoms with Gasteiger partial charge in [-0.1, -0.05) is 13.3 Å². The Bertz CT molecular complexity index is 1020. The molecule has 0 spiro atoms. The molecule has 1 aliphatic heterocycles. The van der Waals surface area contributed by atoms with Crippen molar-refractivity contribution in [3.63, 3.8) is 0 Å². The first-order chi connectivity index (χ1) is 15.5. The second kappa shape index (κ2) is 10.6. The summed E-state index contributed by atoms with van der Waals surface area (Å²) < 4.78 is 43.5. The Morgan fingerprint density at radius 1 is 1.21 bits per heavy atom. The summed E-state index contributed by atoms with van der Waals surface area (Å²) >= 11 is 1.93. The van der Waals surface area contributed by atoms with Crippen LogP contribution in [0.15, 0.2) is 30.3 Å². The van der Waals surface area contributed by atoms with Gasteiger partial charge >= 0.3 is 0 Å². The quantitative estimate of drug-likeness (QED) is 0.312. The van der Waals surface area contributed by atoms with Crippen LogP contribution in [0.1, 0.15) is 30.1 Å². The predicted octanol–water partition coefficient (Wildman–Crippen LogP) is 3.92. The highest BCUT2D eigenvalue weighted by molar-refractivity contribution is 14.1. The van der Waals surface area contributed by atoms with Gasteiger partial charge in [-0.25, -0.2) is 13.2 Å². The van der Waals surface area contributed by atoms with Gasteiger partial charge in [0.1, 0.15) is 11.4 Å². The van der Waals surface area contributed by atoms with E-state index in [1.807, 2.05) is 41.6 Å². The molecule has 1 saturated heterocycles. The third-order valence-electron chi connectivity index (χ3n) is 5.63. The number of carbonyl (C=O) groups excluding carboxylic acids is 1. The van der Waals surface area contributed by atoms with Crippen LogP contribution in [0.3, 0.4) is 0 Å². The van der Waals surface area contributed by atoms with Gasteiger partial charge in [0.2, 0.25) is 0 Å². The van der Waals surface area contributed by atoms with Crippen molar-refractivity contribution in [3.8, 4) is 0 Å². The predicted molar refractivity (Wildman–Crippen MR) is 130 cm³/mol. The molecular formula is C23H28F3IN4O2. The lowest BCUT2D eigenvalue weighted by atomic mass is 9.92. The van der Waals surface area contributed by atoms with E-state index in [1.54, 1.807) is 6.07 Å². The third-order valence-corrected chi connectivity index (χ3v) is 6.30. The maximum Gasteiger partial charge on any atom is 0.256 e. The highest BCUT2D eigenvalue weighted by Gasteiger charge is 2.44. The van der Waals surface area contributed by atoms with Crippen LogP contribution in [-0.4, -0.2) is 66.3 Å². The number of hydrogen-bond donors (Lipinski definition) is 3. The molecule has 1 heterocycles. The monoisotopic (exact) mass is 576 g/mol. The Morgan fingerprint density at radius 3 is 2.52 bits per heavy atom. The van der Waals surface area contributed by atoms with Crippen LogP contribution >= 0.6 is 22.6 Å². The number of carbonyl (C=O) groups is 1. The molecule has 10 heteroatoms. The largest absolute Gasteiger partial charge is 0.385 e. The van der Waals surface area contributed by atoms with E-state index in [4.69, 9.17) is 0 Å². The van der Waals surface area contributed by atoms with Crippen molar-refractivity contribution in [1.82, 2.24) is 15.1 Å². The number of likely N-dealkylation sites (tertiary alicyclic amines) is 1. The zero-order valence-electron chi connectivity index (χ0n) is 18.8. The van der Waals surface area contributed by atoms with Crippen molar-refractivity contribution < 1.29 is 23.1 Å². The molecular weight excluding hydrogens is 548 g/mol. The van der Waals surface area contributed by atoms with E-state index in [1.165, 1.54) is 17.0 Å². The molecule has 0 radical (unpaired) electrons. The fraction of sp³-hybridized carbons (Fsp3) is 0.435. The molecule has 1 aliphatic rings. The minimum Gasteiger partial charge on any atom is -0.385 e. The summed E-state index contributed by atoms with van der Waals surface area (Å²) in [5.41, 5.74) is -1.78. The fourth-order valence-electron chi connectivity index (χ4n) is 3.79. The van der Waals surface area contributed by atoms with E-state index in [0.717, 1.165) is 25.0 Å². The van der Waals surface area contributed by atoms with E-state index >= 15 is 0 Å². The number of nitrogens with zero attached hydrogens (tertiary/aromatic N) is 2. The number of β-amino-alcohol motifs (C(OH)–C–C–N with tert-alkyl or cyclic N) is 1. The van der Waals surface area contributed by atoms with Gasteiger partial charge in [-0.05, 0) is 73.4 Å². The molecule has 3 rings (SSSR count). The van der Waals surface area contributed by atoms with Gasteiger partial charge < -0.3 is 15.3 Å². The highest BCUT2D eigenvalue weighted by atomic mass is 127. The maximum atomic E-state index is 14.6. The van der Waals surface area contributed by atoms with E-state index < -0.39 is 34.6 Å². The SMILES string of the molecule is CCCC(NCC1(O)CN(C(=O)c2ccc(F)c(F)c2Nc2ccc(I)cc2F)C1)N(C)C. The molecule has 0 aliphatic carbocycles. The summed E-state index contributed by atoms with van der Waals surface area (Å²) in [5.74, 6) is -3.67. The number of aliphatic hydroxyl groups is 1. The van der Waals surface area contributed by atoms with Crippen molar-refractivity contribution in [1.29, 1.82) is 0 Å². The maximum absolute atomic E-state index is 14.6. The number of benzene rings is 2. The summed E-state index contributed by atoms with van der Waals surface area (Å²) in [5, 5.41) is 16.6. The first kappa shape index (κ1) is 25.7. The molecule has 1 fully saturated rings. The normalized spacial score (nSPS) is 16.0. The smallest absolute Gasteiger partial charge is 0.256 e. The molecule has 2 aromatic rings. The van der Waals surface area contributed by atoms with Crippen molar-refractivity contribution in [2.45, 2.75) is 31.5 Å². The minimum absolute atomic E-state index is 0.0431. The Hall–Kier alpha value is -1.89. The summed E-state index contributed by atoms with van der Waals surface area (Å²) in [6.07, 6.45) is 1.98. The second-order valence-electron chi connectivity index (χ2n) is 8.57. The van der Waals surface area contributed by atoms with Crippen LogP contribution in [0.4, 0.5) is 24.5 Å². The zero-order valence-corrected chi connectivity index (χ0v) is 20.9. The van der Waals surface area contributed by atoms with Gasteiger partial charge in [-0.15, -0.1) is 0 Å². The Kier molecular flexibility index (Phi) is 8.25. The standard InChI is InChI=1S/C23H28F3IN4O2/c1-4-5-19(30(2)3)28-11-23(33)12-31(13-23)22(32)15-7-8-16(24)20(26)21(15)29-18-9-6-14(27)10-17(18)25/h6-10,19,28-29,33H,4-5,11-13H2,1-3H3. The Labute approximate surface area is 205 Å². The van der Waals surface area contributed by atoms with Gasteiger partial charge in [0.25, 0.3) is 5.91 Å². The van der Waals surface area contributed by atoms with E-state index in [2.05, 4.69) is 17.6 Å². The molecule has 1 amide bonds. The molecule has 1 unspecified atom stereocenters. The molecule has 33 heavy (non-hydrogen) atoms. The van der Waals surface area contributed by atoms with Crippen molar-refractivity contribution in [2.24, 2.45) is 0 Å². The molecule has 0 saturated carbocycles. The van der Waals surface area contributed by atoms with E-state index in [9.17, 15) is 23.1 Å². The lowest BCUT2D eigenvalue weighted by molar-refractivity contribution is -0.0820. The van der Waals surface area contributed by atoms with E-state index in [0.29, 0.717) is 3.57 Å². The third kappa shape index (κ3) is 5.97. The Balaban J connectivity index is 1.74. The number of anilines is 2. The Morgan fingerprint density at radius 2 is 1.91 bits per heavy atom. The summed E-state index contributed by atoms with van der Waals surface area (Å²) in [7, 11) is 3.89. The summed E-state index contributed by atoms with van der Waals surface area (Å²) in [6, 6.07) is 6.25. The molecule has 1 atom stereocenters. The average Bonchev–Trinajstić information content (AvgIpc) is 2.73. The van der Waals surface area contributed by atoms with Gasteiger partial charge in [-0.3, -0.25) is 15.0 Å². The number of halogens is 4. The van der Waals surface area contributed by atoms with Crippen molar-refractivity contribution in [2.75, 3.05) is 39.0 Å². The van der Waals surface area contributed by atoms with Gasteiger partial charge in [-0.2, -0.15) is 0 Å². The van der Waals surface area contributed by atoms with Crippen LogP contribution < -0.4 is 10.6 Å². The number of nitrogens with one attached hydrogen (secondary N) is 2. The van der Waals surface area contributed by atoms with Crippen LogP contribution in [0.2, 0.25) is 0 Å². The summed E-state index contributed by atoms with van der Waals surface area (Å²) in [4.78, 5) is 16.4. The average molecular weight is 576 g/mol. The number of rotatable bonds is 9. The van der Waals surface area contributed by atoms with Gasteiger partial charge in [0.05, 0.1) is 36.2 Å². The topological polar surface area (TPSA) is 67.8 Å². The first-order valence-electron chi connectivity index (χ1n) is 10.7. The molecule has 2 aromatic carbocycles. The lowest BCUT2D eigenvalue weighted by Gasteiger charge is -2.47. The minimum atomic E-state index is -1.27. The second-order valence-corrected chi connectivity index (χ2v) is 9.81. The first-order valence-corrected chi connectivity index (χ1v) is 11.7. The van der Waals surface area contributed by atoms with Crippen molar-refractivity contribution >= 4 is 39.9 Å².